The van der Waals surface area contributed by atoms with E-state index >= 15 is 0 Å². The summed E-state index contributed by atoms with van der Waals surface area (Å²) in [6.07, 6.45) is -4.80. The van der Waals surface area contributed by atoms with Crippen molar-refractivity contribution in [2.45, 2.75) is 12.4 Å². The Hall–Kier alpha value is -2.12. The smallest absolute Gasteiger partial charge is 0.508 e. The molecule has 0 unspecified atom stereocenters. The monoisotopic (exact) mass is 262 g/mol. The fourth-order valence-electron chi connectivity index (χ4n) is 1.65. The van der Waals surface area contributed by atoms with Crippen LogP contribution >= 0.6 is 0 Å². The number of amides is 2. The molecule has 2 amide bonds. The van der Waals surface area contributed by atoms with Crippen LogP contribution in [0.4, 0.5) is 18.0 Å². The molecule has 1 aromatic carbocycles. The molecule has 0 radical (unpaired) electrons. The third-order valence-corrected chi connectivity index (χ3v) is 2.38. The van der Waals surface area contributed by atoms with Crippen molar-refractivity contribution < 1.29 is 27.8 Å². The summed E-state index contributed by atoms with van der Waals surface area (Å²) in [6, 6.07) is 2.09. The number of benzene rings is 1. The molecule has 0 spiro atoms. The van der Waals surface area contributed by atoms with Gasteiger partial charge in [0.05, 0.1) is 6.04 Å². The molecule has 1 aliphatic heterocycles. The summed E-state index contributed by atoms with van der Waals surface area (Å²) in [7, 11) is 0. The van der Waals surface area contributed by atoms with Crippen molar-refractivity contribution in [3.63, 3.8) is 0 Å². The second-order valence-corrected chi connectivity index (χ2v) is 3.68. The summed E-state index contributed by atoms with van der Waals surface area (Å²) < 4.78 is 39.9. The molecule has 1 aliphatic rings. The van der Waals surface area contributed by atoms with Crippen molar-refractivity contribution in [2.24, 2.45) is 0 Å². The Morgan fingerprint density at radius 2 is 2.11 bits per heavy atom. The summed E-state index contributed by atoms with van der Waals surface area (Å²) in [6.45, 7) is 0.182. The van der Waals surface area contributed by atoms with Crippen LogP contribution in [0.25, 0.3) is 0 Å². The van der Waals surface area contributed by atoms with E-state index in [4.69, 9.17) is 0 Å². The van der Waals surface area contributed by atoms with Gasteiger partial charge in [0, 0.05) is 12.1 Å². The molecule has 3 N–H and O–H groups in total. The standard InChI is InChI=1S/C10H9F3N2O3/c11-10(12,13)18-5-1-2-8(16)6(3-5)7-4-14-9(17)15-7/h1-3,7,16H,4H2,(H2,14,15,17)/t7-/m1/s1. The van der Waals surface area contributed by atoms with E-state index in [1.165, 1.54) is 0 Å². The number of nitrogens with one attached hydrogen (secondary N) is 2. The third kappa shape index (κ3) is 2.76. The van der Waals surface area contributed by atoms with E-state index in [0.29, 0.717) is 0 Å². The van der Waals surface area contributed by atoms with E-state index in [0.717, 1.165) is 18.2 Å². The van der Waals surface area contributed by atoms with Crippen molar-refractivity contribution in [1.29, 1.82) is 0 Å². The maximum Gasteiger partial charge on any atom is 0.573 e. The second-order valence-electron chi connectivity index (χ2n) is 3.68. The first kappa shape index (κ1) is 12.3. The van der Waals surface area contributed by atoms with Gasteiger partial charge in [-0.15, -0.1) is 13.2 Å². The summed E-state index contributed by atoms with van der Waals surface area (Å²) in [4.78, 5) is 10.9. The number of rotatable bonds is 2. The van der Waals surface area contributed by atoms with E-state index in [1.807, 2.05) is 0 Å². The Morgan fingerprint density at radius 3 is 2.67 bits per heavy atom. The lowest BCUT2D eigenvalue weighted by Crippen LogP contribution is -2.22. The number of halogens is 3. The van der Waals surface area contributed by atoms with Crippen LogP contribution in [-0.2, 0) is 0 Å². The van der Waals surface area contributed by atoms with E-state index in [9.17, 15) is 23.1 Å². The zero-order valence-electron chi connectivity index (χ0n) is 8.91. The third-order valence-electron chi connectivity index (χ3n) is 2.38. The van der Waals surface area contributed by atoms with Crippen LogP contribution in [-0.4, -0.2) is 24.0 Å². The molecule has 1 heterocycles. The number of hydrogen-bond donors (Lipinski definition) is 3. The molecule has 1 atom stereocenters. The molecule has 2 rings (SSSR count). The Labute approximate surface area is 99.6 Å². The maximum absolute atomic E-state index is 12.0. The van der Waals surface area contributed by atoms with Crippen molar-refractivity contribution in [2.75, 3.05) is 6.54 Å². The van der Waals surface area contributed by atoms with Gasteiger partial charge in [0.15, 0.2) is 0 Å². The van der Waals surface area contributed by atoms with Crippen LogP contribution in [0.15, 0.2) is 18.2 Å². The van der Waals surface area contributed by atoms with E-state index in [-0.39, 0.29) is 17.9 Å². The molecule has 5 nitrogen and oxygen atoms in total. The Bertz CT molecular complexity index is 476. The number of ether oxygens (including phenoxy) is 1. The van der Waals surface area contributed by atoms with Crippen LogP contribution in [0.2, 0.25) is 0 Å². The zero-order chi connectivity index (χ0) is 13.3. The molecule has 0 aliphatic carbocycles. The highest BCUT2D eigenvalue weighted by molar-refractivity contribution is 5.77. The number of phenols is 1. The maximum atomic E-state index is 12.0. The van der Waals surface area contributed by atoms with Gasteiger partial charge in [0.25, 0.3) is 0 Å². The van der Waals surface area contributed by atoms with Crippen LogP contribution in [0, 0.1) is 0 Å². The first-order valence-corrected chi connectivity index (χ1v) is 4.98. The van der Waals surface area contributed by atoms with E-state index in [2.05, 4.69) is 15.4 Å². The molecular weight excluding hydrogens is 253 g/mol. The van der Waals surface area contributed by atoms with Crippen LogP contribution in [0.3, 0.4) is 0 Å². The van der Waals surface area contributed by atoms with Crippen molar-refractivity contribution in [3.05, 3.63) is 23.8 Å². The molecule has 8 heteroatoms. The van der Waals surface area contributed by atoms with Gasteiger partial charge in [-0.05, 0) is 18.2 Å². The first-order chi connectivity index (χ1) is 8.35. The number of carbonyl (C=O) groups is 1. The first-order valence-electron chi connectivity index (χ1n) is 4.98. The van der Waals surface area contributed by atoms with Crippen LogP contribution in [0.5, 0.6) is 11.5 Å². The van der Waals surface area contributed by atoms with E-state index in [1.54, 1.807) is 0 Å². The molecule has 0 saturated carbocycles. The molecule has 0 aromatic heterocycles. The molecule has 18 heavy (non-hydrogen) atoms. The number of urea groups is 1. The number of aromatic hydroxyl groups is 1. The highest BCUT2D eigenvalue weighted by atomic mass is 19.4. The lowest BCUT2D eigenvalue weighted by Gasteiger charge is -2.14. The number of phenolic OH excluding ortho intramolecular Hbond substituents is 1. The summed E-state index contributed by atoms with van der Waals surface area (Å²) >= 11 is 0. The van der Waals surface area contributed by atoms with E-state index < -0.39 is 24.2 Å². The van der Waals surface area contributed by atoms with Gasteiger partial charge in [0.1, 0.15) is 11.5 Å². The minimum Gasteiger partial charge on any atom is -0.508 e. The highest BCUT2D eigenvalue weighted by Crippen LogP contribution is 2.31. The average Bonchev–Trinajstić information content (AvgIpc) is 2.66. The Morgan fingerprint density at radius 1 is 1.39 bits per heavy atom. The molecule has 1 saturated heterocycles. The van der Waals surface area contributed by atoms with Gasteiger partial charge in [-0.2, -0.15) is 0 Å². The fourth-order valence-corrected chi connectivity index (χ4v) is 1.65. The highest BCUT2D eigenvalue weighted by Gasteiger charge is 2.32. The summed E-state index contributed by atoms with van der Waals surface area (Å²) in [5, 5.41) is 14.5. The summed E-state index contributed by atoms with van der Waals surface area (Å²) in [5.41, 5.74) is 0.162. The average molecular weight is 262 g/mol. The van der Waals surface area contributed by atoms with Gasteiger partial charge in [-0.3, -0.25) is 0 Å². The van der Waals surface area contributed by atoms with Gasteiger partial charge in [-0.25, -0.2) is 4.79 Å². The van der Waals surface area contributed by atoms with Crippen molar-refractivity contribution >= 4 is 6.03 Å². The topological polar surface area (TPSA) is 70.6 Å². The number of hydrogen-bond acceptors (Lipinski definition) is 3. The molecule has 1 aromatic rings. The number of carbonyl (C=O) groups excluding carboxylic acids is 1. The van der Waals surface area contributed by atoms with Crippen molar-refractivity contribution in [1.82, 2.24) is 10.6 Å². The lowest BCUT2D eigenvalue weighted by atomic mass is 10.1. The Kier molecular flexibility index (Phi) is 2.93. The van der Waals surface area contributed by atoms with Gasteiger partial charge >= 0.3 is 12.4 Å². The fraction of sp³-hybridized carbons (Fsp3) is 0.300. The van der Waals surface area contributed by atoms with Gasteiger partial charge in [0.2, 0.25) is 0 Å². The zero-order valence-corrected chi connectivity index (χ0v) is 8.91. The predicted octanol–water partition coefficient (Wildman–Crippen LogP) is 1.64. The lowest BCUT2D eigenvalue weighted by molar-refractivity contribution is -0.274. The minimum absolute atomic E-state index is 0.162. The molecule has 1 fully saturated rings. The number of alkyl halides is 3. The van der Waals surface area contributed by atoms with Crippen LogP contribution < -0.4 is 15.4 Å². The molecule has 98 valence electrons. The summed E-state index contributed by atoms with van der Waals surface area (Å²) in [5.74, 6) is -0.657. The normalized spacial score (nSPS) is 19.3. The van der Waals surface area contributed by atoms with Crippen molar-refractivity contribution in [3.8, 4) is 11.5 Å². The quantitative estimate of drug-likeness (QED) is 0.758. The predicted molar refractivity (Wildman–Crippen MR) is 54.1 cm³/mol. The molecular formula is C10H9F3N2O3. The van der Waals surface area contributed by atoms with Crippen LogP contribution in [0.1, 0.15) is 11.6 Å². The van der Waals surface area contributed by atoms with Gasteiger partial charge in [-0.1, -0.05) is 0 Å². The minimum atomic E-state index is -4.80. The molecule has 0 bridgehead atoms. The Balaban J connectivity index is 2.24. The SMILES string of the molecule is O=C1NC[C@H](c2cc(OC(F)(F)F)ccc2O)N1. The second kappa shape index (κ2) is 4.28. The van der Waals surface area contributed by atoms with Gasteiger partial charge < -0.3 is 20.5 Å². The largest absolute Gasteiger partial charge is 0.573 e.